The van der Waals surface area contributed by atoms with Gasteiger partial charge >= 0.3 is 5.97 Å². The summed E-state index contributed by atoms with van der Waals surface area (Å²) in [6, 6.07) is 0. The third-order valence-corrected chi connectivity index (χ3v) is 6.25. The van der Waals surface area contributed by atoms with Crippen molar-refractivity contribution in [1.29, 1.82) is 0 Å². The zero-order chi connectivity index (χ0) is 14.0. The van der Waals surface area contributed by atoms with E-state index in [-0.39, 0.29) is 0 Å². The molecule has 0 aromatic carbocycles. The number of rotatable bonds is 2. The summed E-state index contributed by atoms with van der Waals surface area (Å²) < 4.78 is 0. The van der Waals surface area contributed by atoms with Gasteiger partial charge in [-0.2, -0.15) is 0 Å². The third kappa shape index (κ3) is 1.61. The number of aryl methyl sites for hydroxylation is 1. The van der Waals surface area contributed by atoms with Crippen LogP contribution < -0.4 is 0 Å². The Bertz CT molecular complexity index is 544. The Morgan fingerprint density at radius 3 is 2.05 bits per heavy atom. The molecule has 2 N–H and O–H groups in total. The van der Waals surface area contributed by atoms with Crippen LogP contribution in [-0.4, -0.2) is 16.1 Å². The average Bonchev–Trinajstić information content (AvgIpc) is 2.63. The Morgan fingerprint density at radius 1 is 1.05 bits per heavy atom. The van der Waals surface area contributed by atoms with Crippen LogP contribution in [0.4, 0.5) is 0 Å². The molecule has 4 saturated carbocycles. The van der Waals surface area contributed by atoms with Gasteiger partial charge in [0.1, 0.15) is 0 Å². The fourth-order valence-corrected chi connectivity index (χ4v) is 5.82. The van der Waals surface area contributed by atoms with Crippen molar-refractivity contribution in [3.8, 4) is 0 Å². The number of carboxylic acid groups (broad SMARTS) is 1. The molecule has 0 unspecified atom stereocenters. The molecule has 1 aromatic rings. The highest BCUT2D eigenvalue weighted by Crippen LogP contribution is 2.60. The Labute approximate surface area is 119 Å². The van der Waals surface area contributed by atoms with Crippen molar-refractivity contribution in [3.63, 3.8) is 0 Å². The van der Waals surface area contributed by atoms with Gasteiger partial charge in [0, 0.05) is 17.3 Å². The summed E-state index contributed by atoms with van der Waals surface area (Å²) >= 11 is 0. The van der Waals surface area contributed by atoms with Gasteiger partial charge in [0.05, 0.1) is 5.56 Å². The topological polar surface area (TPSA) is 53.1 Å². The Morgan fingerprint density at radius 2 is 1.60 bits per heavy atom. The van der Waals surface area contributed by atoms with Crippen LogP contribution in [0.5, 0.6) is 0 Å². The lowest BCUT2D eigenvalue weighted by molar-refractivity contribution is -0.00423. The second kappa shape index (κ2) is 4.12. The number of H-pyrrole nitrogens is 1. The summed E-state index contributed by atoms with van der Waals surface area (Å²) in [6.07, 6.45) is 6.95. The molecule has 0 atom stereocenters. The van der Waals surface area contributed by atoms with Crippen molar-refractivity contribution in [1.82, 2.24) is 4.98 Å². The molecular weight excluding hydrogens is 250 g/mol. The SMILES string of the molecule is Cc1[nH]c(C2C3CC4CC(C3)CC2C4)c(C)c1C(=O)O. The van der Waals surface area contributed by atoms with Gasteiger partial charge in [-0.25, -0.2) is 4.79 Å². The predicted molar refractivity (Wildman–Crippen MR) is 77.0 cm³/mol. The highest BCUT2D eigenvalue weighted by molar-refractivity contribution is 5.91. The molecule has 0 saturated heterocycles. The second-order valence-electron chi connectivity index (χ2n) is 7.43. The van der Waals surface area contributed by atoms with Gasteiger partial charge in [0.15, 0.2) is 0 Å². The minimum atomic E-state index is -0.786. The normalized spacial score (nSPS) is 38.4. The molecule has 4 aliphatic carbocycles. The molecule has 0 aliphatic heterocycles. The molecule has 0 spiro atoms. The van der Waals surface area contributed by atoms with E-state index in [4.69, 9.17) is 0 Å². The molecule has 0 radical (unpaired) electrons. The van der Waals surface area contributed by atoms with Crippen LogP contribution in [0.2, 0.25) is 0 Å². The van der Waals surface area contributed by atoms with Gasteiger partial charge in [-0.15, -0.1) is 0 Å². The highest BCUT2D eigenvalue weighted by atomic mass is 16.4. The van der Waals surface area contributed by atoms with E-state index in [1.165, 1.54) is 37.8 Å². The van der Waals surface area contributed by atoms with E-state index in [1.54, 1.807) is 0 Å². The predicted octanol–water partition coefficient (Wildman–Crippen LogP) is 3.87. The van der Waals surface area contributed by atoms with Gasteiger partial charge in [0.25, 0.3) is 0 Å². The van der Waals surface area contributed by atoms with Crippen LogP contribution in [-0.2, 0) is 0 Å². The highest BCUT2D eigenvalue weighted by Gasteiger charge is 2.49. The molecule has 0 amide bonds. The van der Waals surface area contributed by atoms with Crippen LogP contribution >= 0.6 is 0 Å². The Balaban J connectivity index is 1.75. The van der Waals surface area contributed by atoms with Gasteiger partial charge < -0.3 is 10.1 Å². The maximum absolute atomic E-state index is 11.4. The molecule has 3 nitrogen and oxygen atoms in total. The molecule has 5 rings (SSSR count). The fourth-order valence-electron chi connectivity index (χ4n) is 5.82. The van der Waals surface area contributed by atoms with E-state index >= 15 is 0 Å². The van der Waals surface area contributed by atoms with Crippen molar-refractivity contribution in [2.45, 2.75) is 51.9 Å². The number of aromatic nitrogens is 1. The number of aromatic carboxylic acids is 1. The largest absolute Gasteiger partial charge is 0.478 e. The molecule has 1 aromatic heterocycles. The average molecular weight is 273 g/mol. The van der Waals surface area contributed by atoms with Gasteiger partial charge in [-0.1, -0.05) is 0 Å². The first kappa shape index (κ1) is 12.5. The lowest BCUT2D eigenvalue weighted by Crippen LogP contribution is -2.44. The fraction of sp³-hybridized carbons (Fsp3) is 0.706. The summed E-state index contributed by atoms with van der Waals surface area (Å²) in [5.74, 6) is 3.32. The van der Waals surface area contributed by atoms with Crippen molar-refractivity contribution in [2.24, 2.45) is 23.7 Å². The minimum absolute atomic E-state index is 0.508. The molecule has 108 valence electrons. The van der Waals surface area contributed by atoms with Gasteiger partial charge in [-0.05, 0) is 75.2 Å². The van der Waals surface area contributed by atoms with E-state index in [9.17, 15) is 9.90 Å². The smallest absolute Gasteiger partial charge is 0.337 e. The monoisotopic (exact) mass is 273 g/mol. The second-order valence-corrected chi connectivity index (χ2v) is 7.43. The number of nitrogens with one attached hydrogen (secondary N) is 1. The van der Waals surface area contributed by atoms with E-state index in [1.807, 2.05) is 13.8 Å². The van der Waals surface area contributed by atoms with Gasteiger partial charge in [-0.3, -0.25) is 0 Å². The van der Waals surface area contributed by atoms with E-state index in [0.29, 0.717) is 11.5 Å². The molecule has 20 heavy (non-hydrogen) atoms. The lowest BCUT2D eigenvalue weighted by Gasteiger charge is -2.54. The lowest BCUT2D eigenvalue weighted by atomic mass is 9.51. The Hall–Kier alpha value is -1.25. The summed E-state index contributed by atoms with van der Waals surface area (Å²) in [7, 11) is 0. The van der Waals surface area contributed by atoms with E-state index in [2.05, 4.69) is 4.98 Å². The van der Waals surface area contributed by atoms with Crippen LogP contribution in [0.1, 0.15) is 65.3 Å². The third-order valence-electron chi connectivity index (χ3n) is 6.25. The van der Waals surface area contributed by atoms with Crippen molar-refractivity contribution < 1.29 is 9.90 Å². The van der Waals surface area contributed by atoms with Crippen LogP contribution in [0, 0.1) is 37.5 Å². The first-order valence-corrected chi connectivity index (χ1v) is 7.97. The first-order chi connectivity index (χ1) is 9.54. The minimum Gasteiger partial charge on any atom is -0.478 e. The first-order valence-electron chi connectivity index (χ1n) is 7.97. The van der Waals surface area contributed by atoms with Crippen molar-refractivity contribution in [3.05, 3.63) is 22.5 Å². The number of aromatic amines is 1. The van der Waals surface area contributed by atoms with Crippen LogP contribution in [0.15, 0.2) is 0 Å². The summed E-state index contributed by atoms with van der Waals surface area (Å²) in [4.78, 5) is 14.9. The van der Waals surface area contributed by atoms with Gasteiger partial charge in [0.2, 0.25) is 0 Å². The van der Waals surface area contributed by atoms with E-state index in [0.717, 1.165) is 34.9 Å². The maximum Gasteiger partial charge on any atom is 0.337 e. The molecule has 4 fully saturated rings. The zero-order valence-corrected chi connectivity index (χ0v) is 12.3. The molecule has 3 heteroatoms. The van der Waals surface area contributed by atoms with Crippen LogP contribution in [0.25, 0.3) is 0 Å². The zero-order valence-electron chi connectivity index (χ0n) is 12.3. The molecule has 4 aliphatic rings. The van der Waals surface area contributed by atoms with E-state index < -0.39 is 5.97 Å². The van der Waals surface area contributed by atoms with Crippen LogP contribution in [0.3, 0.4) is 0 Å². The number of hydrogen-bond donors (Lipinski definition) is 2. The summed E-state index contributed by atoms with van der Waals surface area (Å²) in [5.41, 5.74) is 3.58. The number of carboxylic acids is 1. The maximum atomic E-state index is 11.4. The molecule has 4 bridgehead atoms. The van der Waals surface area contributed by atoms with Crippen molar-refractivity contribution in [2.75, 3.05) is 0 Å². The Kier molecular flexibility index (Phi) is 2.57. The quantitative estimate of drug-likeness (QED) is 0.859. The van der Waals surface area contributed by atoms with Crippen molar-refractivity contribution >= 4 is 5.97 Å². The molecule has 1 heterocycles. The summed E-state index contributed by atoms with van der Waals surface area (Å²) in [6.45, 7) is 3.89. The number of hydrogen-bond acceptors (Lipinski definition) is 1. The summed E-state index contributed by atoms with van der Waals surface area (Å²) in [5, 5.41) is 9.39. The standard InChI is InChI=1S/C17H23NO2/c1-8-14(17(19)20)9(2)18-16(8)15-12-4-10-3-11(6-12)7-13(15)5-10/h10-13,15,18H,3-7H2,1-2H3,(H,19,20). The molecular formula is C17H23NO2. The number of carbonyl (C=O) groups is 1.